The van der Waals surface area contributed by atoms with Crippen LogP contribution >= 0.6 is 23.2 Å². The highest BCUT2D eigenvalue weighted by Crippen LogP contribution is 2.20. The Hall–Kier alpha value is -2.24. The van der Waals surface area contributed by atoms with Crippen molar-refractivity contribution in [2.45, 2.75) is 20.4 Å². The Kier molecular flexibility index (Phi) is 7.95. The summed E-state index contributed by atoms with van der Waals surface area (Å²) >= 11 is 11.9. The predicted octanol–water partition coefficient (Wildman–Crippen LogP) is 4.50. The molecule has 0 saturated carbocycles. The lowest BCUT2D eigenvalue weighted by Crippen LogP contribution is -2.28. The van der Waals surface area contributed by atoms with E-state index in [9.17, 15) is 9.59 Å². The summed E-state index contributed by atoms with van der Waals surface area (Å²) in [6.07, 6.45) is 0. The Balaban J connectivity index is 1.78. The van der Waals surface area contributed by atoms with Crippen LogP contribution in [0.2, 0.25) is 10.0 Å². The topological polar surface area (TPSA) is 64.6 Å². The van der Waals surface area contributed by atoms with Gasteiger partial charge in [-0.2, -0.15) is 0 Å². The first-order valence-electron chi connectivity index (χ1n) is 8.45. The average Bonchev–Trinajstić information content (AvgIpc) is 2.64. The largest absolute Gasteiger partial charge is 0.493 e. The maximum Gasteiger partial charge on any atom is 0.338 e. The van der Waals surface area contributed by atoms with E-state index in [1.54, 1.807) is 42.5 Å². The van der Waals surface area contributed by atoms with Gasteiger partial charge in [-0.1, -0.05) is 43.1 Å². The van der Waals surface area contributed by atoms with Crippen molar-refractivity contribution in [3.63, 3.8) is 0 Å². The molecule has 0 heterocycles. The van der Waals surface area contributed by atoms with Crippen LogP contribution in [0.15, 0.2) is 42.5 Å². The first kappa shape index (κ1) is 21.1. The summed E-state index contributed by atoms with van der Waals surface area (Å²) in [5, 5.41) is 3.61. The van der Waals surface area contributed by atoms with Gasteiger partial charge in [0.05, 0.1) is 12.2 Å². The second-order valence-electron chi connectivity index (χ2n) is 6.32. The lowest BCUT2D eigenvalue weighted by Gasteiger charge is -2.10. The fourth-order valence-corrected chi connectivity index (χ4v) is 2.55. The highest BCUT2D eigenvalue weighted by atomic mass is 35.5. The highest BCUT2D eigenvalue weighted by Gasteiger charge is 2.11. The van der Waals surface area contributed by atoms with Crippen LogP contribution < -0.4 is 10.1 Å². The predicted molar refractivity (Wildman–Crippen MR) is 105 cm³/mol. The zero-order valence-electron chi connectivity index (χ0n) is 15.1. The summed E-state index contributed by atoms with van der Waals surface area (Å²) in [7, 11) is 0. The van der Waals surface area contributed by atoms with Crippen molar-refractivity contribution < 1.29 is 19.1 Å². The van der Waals surface area contributed by atoms with Gasteiger partial charge in [0.15, 0.2) is 6.61 Å². The molecule has 144 valence electrons. The Morgan fingerprint density at radius 3 is 2.41 bits per heavy atom. The van der Waals surface area contributed by atoms with Crippen molar-refractivity contribution in [2.24, 2.45) is 5.92 Å². The van der Waals surface area contributed by atoms with Gasteiger partial charge in [-0.05, 0) is 47.9 Å². The molecule has 0 atom stereocenters. The van der Waals surface area contributed by atoms with Crippen LogP contribution in [0.1, 0.15) is 29.8 Å². The second-order valence-corrected chi connectivity index (χ2v) is 7.16. The lowest BCUT2D eigenvalue weighted by molar-refractivity contribution is -0.124. The second kappa shape index (κ2) is 10.2. The number of carbonyl (C=O) groups excluding carboxylic acids is 2. The van der Waals surface area contributed by atoms with Crippen LogP contribution in [-0.4, -0.2) is 25.1 Å². The number of hydrogen-bond donors (Lipinski definition) is 1. The standard InChI is InChI=1S/C20H21Cl2NO4/c1-13(2)11-26-17-7-4-14(5-8-17)20(25)27-12-19(24)23-10-15-3-6-16(21)9-18(15)22/h3-9,13H,10-12H2,1-2H3,(H,23,24). The Labute approximate surface area is 168 Å². The Bertz CT molecular complexity index is 791. The summed E-state index contributed by atoms with van der Waals surface area (Å²) in [4.78, 5) is 23.9. The van der Waals surface area contributed by atoms with E-state index >= 15 is 0 Å². The van der Waals surface area contributed by atoms with Crippen LogP contribution in [-0.2, 0) is 16.1 Å². The molecule has 7 heteroatoms. The Morgan fingerprint density at radius 1 is 1.07 bits per heavy atom. The fourth-order valence-electron chi connectivity index (χ4n) is 2.07. The zero-order chi connectivity index (χ0) is 19.8. The molecular formula is C20H21Cl2NO4. The normalized spacial score (nSPS) is 10.6. The monoisotopic (exact) mass is 409 g/mol. The van der Waals surface area contributed by atoms with Crippen molar-refractivity contribution in [3.05, 3.63) is 63.6 Å². The smallest absolute Gasteiger partial charge is 0.338 e. The number of nitrogens with one attached hydrogen (secondary N) is 1. The van der Waals surface area contributed by atoms with Gasteiger partial charge in [0.2, 0.25) is 0 Å². The number of esters is 1. The van der Waals surface area contributed by atoms with Crippen molar-refractivity contribution in [2.75, 3.05) is 13.2 Å². The van der Waals surface area contributed by atoms with E-state index in [-0.39, 0.29) is 13.2 Å². The minimum absolute atomic E-state index is 0.217. The van der Waals surface area contributed by atoms with E-state index in [0.29, 0.717) is 33.9 Å². The molecule has 0 spiro atoms. The van der Waals surface area contributed by atoms with Gasteiger partial charge in [0, 0.05) is 16.6 Å². The molecule has 2 aromatic rings. The number of rotatable bonds is 8. The van der Waals surface area contributed by atoms with Crippen molar-refractivity contribution in [3.8, 4) is 5.75 Å². The third-order valence-electron chi connectivity index (χ3n) is 3.50. The first-order chi connectivity index (χ1) is 12.8. The molecule has 0 aliphatic carbocycles. The third kappa shape index (κ3) is 7.12. The van der Waals surface area contributed by atoms with Gasteiger partial charge in [0.1, 0.15) is 5.75 Å². The molecule has 27 heavy (non-hydrogen) atoms. The maximum absolute atomic E-state index is 12.0. The van der Waals surface area contributed by atoms with Gasteiger partial charge in [-0.3, -0.25) is 4.79 Å². The highest BCUT2D eigenvalue weighted by molar-refractivity contribution is 6.35. The molecule has 0 fully saturated rings. The van der Waals surface area contributed by atoms with E-state index in [0.717, 1.165) is 5.56 Å². The van der Waals surface area contributed by atoms with E-state index in [1.165, 1.54) is 0 Å². The average molecular weight is 410 g/mol. The molecular weight excluding hydrogens is 389 g/mol. The van der Waals surface area contributed by atoms with Gasteiger partial charge < -0.3 is 14.8 Å². The molecule has 0 aliphatic rings. The summed E-state index contributed by atoms with van der Waals surface area (Å²) < 4.78 is 10.6. The fraction of sp³-hybridized carbons (Fsp3) is 0.300. The van der Waals surface area contributed by atoms with Crippen LogP contribution in [0.4, 0.5) is 0 Å². The molecule has 1 amide bonds. The lowest BCUT2D eigenvalue weighted by atomic mass is 10.2. The van der Waals surface area contributed by atoms with Crippen LogP contribution in [0.25, 0.3) is 0 Å². The van der Waals surface area contributed by atoms with Crippen LogP contribution in [0, 0.1) is 5.92 Å². The van der Waals surface area contributed by atoms with Gasteiger partial charge >= 0.3 is 5.97 Å². The van der Waals surface area contributed by atoms with E-state index < -0.39 is 11.9 Å². The summed E-state index contributed by atoms with van der Waals surface area (Å²) in [5.74, 6) is 0.0880. The number of amides is 1. The summed E-state index contributed by atoms with van der Waals surface area (Å²) in [5.41, 5.74) is 1.07. The van der Waals surface area contributed by atoms with Crippen LogP contribution in [0.3, 0.4) is 0 Å². The zero-order valence-corrected chi connectivity index (χ0v) is 16.6. The molecule has 0 aliphatic heterocycles. The number of halogens is 2. The van der Waals surface area contributed by atoms with E-state index in [1.807, 2.05) is 0 Å². The number of hydrogen-bond acceptors (Lipinski definition) is 4. The Morgan fingerprint density at radius 2 is 1.78 bits per heavy atom. The summed E-state index contributed by atoms with van der Waals surface area (Å²) in [6, 6.07) is 11.6. The van der Waals surface area contributed by atoms with Gasteiger partial charge in [0.25, 0.3) is 5.91 Å². The molecule has 0 unspecified atom stereocenters. The molecule has 5 nitrogen and oxygen atoms in total. The number of carbonyl (C=O) groups is 2. The minimum atomic E-state index is -0.579. The molecule has 2 aromatic carbocycles. The molecule has 0 saturated heterocycles. The van der Waals surface area contributed by atoms with Crippen LogP contribution in [0.5, 0.6) is 5.75 Å². The van der Waals surface area contributed by atoms with Crippen molar-refractivity contribution in [1.29, 1.82) is 0 Å². The van der Waals surface area contributed by atoms with Crippen molar-refractivity contribution in [1.82, 2.24) is 5.32 Å². The first-order valence-corrected chi connectivity index (χ1v) is 9.21. The van der Waals surface area contributed by atoms with Crippen molar-refractivity contribution >= 4 is 35.1 Å². The molecule has 0 radical (unpaired) electrons. The number of benzene rings is 2. The molecule has 2 rings (SSSR count). The number of ether oxygens (including phenoxy) is 2. The quantitative estimate of drug-likeness (QED) is 0.651. The summed E-state index contributed by atoms with van der Waals surface area (Å²) in [6.45, 7) is 4.54. The minimum Gasteiger partial charge on any atom is -0.493 e. The maximum atomic E-state index is 12.0. The van der Waals surface area contributed by atoms with Gasteiger partial charge in [-0.25, -0.2) is 4.79 Å². The van der Waals surface area contributed by atoms with Gasteiger partial charge in [-0.15, -0.1) is 0 Å². The molecule has 0 aromatic heterocycles. The molecule has 0 bridgehead atoms. The molecule has 1 N–H and O–H groups in total. The van der Waals surface area contributed by atoms with E-state index in [2.05, 4.69) is 19.2 Å². The van der Waals surface area contributed by atoms with E-state index in [4.69, 9.17) is 32.7 Å². The third-order valence-corrected chi connectivity index (χ3v) is 4.09. The SMILES string of the molecule is CC(C)COc1ccc(C(=O)OCC(=O)NCc2ccc(Cl)cc2Cl)cc1.